The molecular weight excluding hydrogens is 262 g/mol. The number of hydrogen-bond acceptors (Lipinski definition) is 4. The van der Waals surface area contributed by atoms with Crippen LogP contribution in [0.4, 0.5) is 17.4 Å². The van der Waals surface area contributed by atoms with Gasteiger partial charge in [-0.2, -0.15) is 4.98 Å². The first-order chi connectivity index (χ1) is 10.2. The van der Waals surface area contributed by atoms with Gasteiger partial charge in [0.15, 0.2) is 5.58 Å². The molecule has 4 nitrogen and oxygen atoms in total. The molecule has 21 heavy (non-hydrogen) atoms. The van der Waals surface area contributed by atoms with Crippen molar-refractivity contribution < 1.29 is 4.42 Å². The van der Waals surface area contributed by atoms with Crippen molar-refractivity contribution in [2.75, 3.05) is 17.2 Å². The molecule has 0 spiro atoms. The van der Waals surface area contributed by atoms with Gasteiger partial charge in [-0.1, -0.05) is 25.1 Å². The fourth-order valence-electron chi connectivity index (χ4n) is 3.02. The molecule has 1 unspecified atom stereocenters. The number of fused-ring (bicyclic) bond motifs is 2. The molecule has 0 bridgehead atoms. The number of nitrogens with zero attached hydrogens (tertiary/aromatic N) is 2. The van der Waals surface area contributed by atoms with E-state index in [2.05, 4.69) is 41.1 Å². The molecule has 4 rings (SSSR count). The molecule has 2 aromatic carbocycles. The van der Waals surface area contributed by atoms with Gasteiger partial charge in [0.05, 0.1) is 0 Å². The molecule has 0 fully saturated rings. The summed E-state index contributed by atoms with van der Waals surface area (Å²) >= 11 is 0. The number of rotatable bonds is 1. The van der Waals surface area contributed by atoms with Crippen LogP contribution in [0.2, 0.25) is 0 Å². The third-order valence-corrected chi connectivity index (χ3v) is 3.98. The van der Waals surface area contributed by atoms with Gasteiger partial charge < -0.3 is 10.2 Å². The standard InChI is InChI=1S/C17H17N3O/c1-11-8-12-4-2-3-5-15(12)20(10-11)17-19-14-7-6-13(18)9-16(14)21-17/h2-7,9,11H,8,10,18H2,1H3. The zero-order valence-electron chi connectivity index (χ0n) is 11.9. The summed E-state index contributed by atoms with van der Waals surface area (Å²) < 4.78 is 5.93. The molecule has 2 N–H and O–H groups in total. The number of aromatic nitrogens is 1. The Hall–Kier alpha value is -2.49. The van der Waals surface area contributed by atoms with E-state index in [4.69, 9.17) is 10.2 Å². The van der Waals surface area contributed by atoms with Crippen molar-refractivity contribution in [2.45, 2.75) is 13.3 Å². The predicted molar refractivity (Wildman–Crippen MR) is 84.7 cm³/mol. The van der Waals surface area contributed by atoms with Gasteiger partial charge in [0.1, 0.15) is 5.52 Å². The number of nitrogen functional groups attached to an aromatic ring is 1. The van der Waals surface area contributed by atoms with E-state index in [0.29, 0.717) is 17.6 Å². The Morgan fingerprint density at radius 2 is 2.10 bits per heavy atom. The van der Waals surface area contributed by atoms with Crippen LogP contribution in [0.3, 0.4) is 0 Å². The maximum atomic E-state index is 5.93. The van der Waals surface area contributed by atoms with Crippen LogP contribution in [0.25, 0.3) is 11.1 Å². The van der Waals surface area contributed by atoms with Crippen LogP contribution < -0.4 is 10.6 Å². The Morgan fingerprint density at radius 3 is 3.00 bits per heavy atom. The van der Waals surface area contributed by atoms with Crippen molar-refractivity contribution in [3.63, 3.8) is 0 Å². The molecule has 1 atom stereocenters. The summed E-state index contributed by atoms with van der Waals surface area (Å²) in [5, 5.41) is 0. The monoisotopic (exact) mass is 279 g/mol. The second kappa shape index (κ2) is 4.52. The summed E-state index contributed by atoms with van der Waals surface area (Å²) in [6.45, 7) is 3.17. The van der Waals surface area contributed by atoms with Crippen LogP contribution in [-0.2, 0) is 6.42 Å². The highest BCUT2D eigenvalue weighted by Crippen LogP contribution is 2.36. The van der Waals surface area contributed by atoms with Crippen molar-refractivity contribution in [1.29, 1.82) is 0 Å². The lowest BCUT2D eigenvalue weighted by Gasteiger charge is -2.31. The molecule has 3 aromatic rings. The minimum absolute atomic E-state index is 0.569. The average molecular weight is 279 g/mol. The fraction of sp³-hybridized carbons (Fsp3) is 0.235. The molecule has 2 heterocycles. The van der Waals surface area contributed by atoms with Gasteiger partial charge in [0.2, 0.25) is 0 Å². The lowest BCUT2D eigenvalue weighted by atomic mass is 9.94. The number of para-hydroxylation sites is 1. The summed E-state index contributed by atoms with van der Waals surface area (Å²) in [6, 6.07) is 14.7. The summed E-state index contributed by atoms with van der Waals surface area (Å²) in [7, 11) is 0. The third kappa shape index (κ3) is 2.03. The molecule has 0 saturated heterocycles. The van der Waals surface area contributed by atoms with Crippen molar-refractivity contribution in [2.24, 2.45) is 5.92 Å². The molecule has 0 amide bonds. The van der Waals surface area contributed by atoms with Gasteiger partial charge in [0.25, 0.3) is 0 Å². The highest BCUT2D eigenvalue weighted by Gasteiger charge is 2.25. The average Bonchev–Trinajstić information content (AvgIpc) is 2.89. The van der Waals surface area contributed by atoms with Gasteiger partial charge in [-0.15, -0.1) is 0 Å². The lowest BCUT2D eigenvalue weighted by Crippen LogP contribution is -2.30. The first-order valence-corrected chi connectivity index (χ1v) is 7.22. The first kappa shape index (κ1) is 12.3. The largest absolute Gasteiger partial charge is 0.423 e. The Kier molecular flexibility index (Phi) is 2.64. The van der Waals surface area contributed by atoms with E-state index in [-0.39, 0.29) is 0 Å². The number of hydrogen-bond donors (Lipinski definition) is 1. The van der Waals surface area contributed by atoms with Crippen LogP contribution in [0, 0.1) is 5.92 Å². The van der Waals surface area contributed by atoms with Crippen LogP contribution in [0.5, 0.6) is 0 Å². The number of benzene rings is 2. The molecule has 1 aliphatic heterocycles. The maximum absolute atomic E-state index is 5.93. The van der Waals surface area contributed by atoms with E-state index in [0.717, 1.165) is 24.1 Å². The van der Waals surface area contributed by atoms with Gasteiger partial charge in [-0.3, -0.25) is 4.90 Å². The van der Waals surface area contributed by atoms with Gasteiger partial charge >= 0.3 is 6.01 Å². The van der Waals surface area contributed by atoms with Crippen molar-refractivity contribution in [3.8, 4) is 0 Å². The zero-order valence-corrected chi connectivity index (χ0v) is 11.9. The SMILES string of the molecule is CC1Cc2ccccc2N(c2nc3ccc(N)cc3o2)C1. The van der Waals surface area contributed by atoms with Crippen molar-refractivity contribution in [1.82, 2.24) is 4.98 Å². The second-order valence-electron chi connectivity index (χ2n) is 5.77. The minimum Gasteiger partial charge on any atom is -0.423 e. The quantitative estimate of drug-likeness (QED) is 0.689. The number of anilines is 3. The van der Waals surface area contributed by atoms with Crippen molar-refractivity contribution >= 4 is 28.5 Å². The molecule has 1 aromatic heterocycles. The molecule has 4 heteroatoms. The Morgan fingerprint density at radius 1 is 1.24 bits per heavy atom. The highest BCUT2D eigenvalue weighted by molar-refractivity contribution is 5.79. The topological polar surface area (TPSA) is 55.3 Å². The molecule has 1 aliphatic rings. The van der Waals surface area contributed by atoms with Crippen LogP contribution in [-0.4, -0.2) is 11.5 Å². The molecular formula is C17H17N3O. The minimum atomic E-state index is 0.569. The van der Waals surface area contributed by atoms with E-state index in [1.165, 1.54) is 11.3 Å². The van der Waals surface area contributed by atoms with E-state index >= 15 is 0 Å². The smallest absolute Gasteiger partial charge is 0.303 e. The van der Waals surface area contributed by atoms with Crippen LogP contribution in [0.1, 0.15) is 12.5 Å². The number of nitrogens with two attached hydrogens (primary N) is 1. The Balaban J connectivity index is 1.84. The van der Waals surface area contributed by atoms with Gasteiger partial charge in [-0.25, -0.2) is 0 Å². The summed E-state index contributed by atoms with van der Waals surface area (Å²) in [4.78, 5) is 6.78. The Labute approximate surface area is 123 Å². The lowest BCUT2D eigenvalue weighted by molar-refractivity contribution is 0.519. The predicted octanol–water partition coefficient (Wildman–Crippen LogP) is 3.74. The van der Waals surface area contributed by atoms with Gasteiger partial charge in [0, 0.05) is 24.0 Å². The summed E-state index contributed by atoms with van der Waals surface area (Å²) in [6.07, 6.45) is 1.10. The summed E-state index contributed by atoms with van der Waals surface area (Å²) in [5.41, 5.74) is 10.6. The summed E-state index contributed by atoms with van der Waals surface area (Å²) in [5.74, 6) is 0.569. The van der Waals surface area contributed by atoms with E-state index in [9.17, 15) is 0 Å². The molecule has 0 aliphatic carbocycles. The first-order valence-electron chi connectivity index (χ1n) is 7.22. The zero-order chi connectivity index (χ0) is 14.4. The molecule has 0 radical (unpaired) electrons. The maximum Gasteiger partial charge on any atom is 0.303 e. The highest BCUT2D eigenvalue weighted by atomic mass is 16.4. The van der Waals surface area contributed by atoms with E-state index < -0.39 is 0 Å². The third-order valence-electron chi connectivity index (χ3n) is 3.98. The van der Waals surface area contributed by atoms with Crippen LogP contribution in [0.15, 0.2) is 46.9 Å². The Bertz CT molecular complexity index is 809. The van der Waals surface area contributed by atoms with E-state index in [1.54, 1.807) is 0 Å². The molecule has 106 valence electrons. The molecule has 0 saturated carbocycles. The second-order valence-corrected chi connectivity index (χ2v) is 5.77. The van der Waals surface area contributed by atoms with Gasteiger partial charge in [-0.05, 0) is 36.1 Å². The normalized spacial score (nSPS) is 18.0. The van der Waals surface area contributed by atoms with Crippen molar-refractivity contribution in [3.05, 3.63) is 48.0 Å². The van der Waals surface area contributed by atoms with Crippen LogP contribution >= 0.6 is 0 Å². The number of oxazole rings is 1. The fourth-order valence-corrected chi connectivity index (χ4v) is 3.02. The van der Waals surface area contributed by atoms with E-state index in [1.807, 2.05) is 18.2 Å².